The van der Waals surface area contributed by atoms with Crippen molar-refractivity contribution in [2.75, 3.05) is 13.6 Å². The minimum atomic E-state index is -1.17. The van der Waals surface area contributed by atoms with E-state index in [1.165, 1.54) is 38.4 Å². The van der Waals surface area contributed by atoms with E-state index in [9.17, 15) is 0 Å². The van der Waals surface area contributed by atoms with E-state index in [4.69, 9.17) is 0 Å². The summed E-state index contributed by atoms with van der Waals surface area (Å²) in [6.07, 6.45) is 4.85. The van der Waals surface area contributed by atoms with Crippen LogP contribution in [0.2, 0.25) is 25.2 Å². The second-order valence-corrected chi connectivity index (χ2v) is 14.2. The molecule has 132 valence electrons. The maximum absolute atomic E-state index is 2.47. The van der Waals surface area contributed by atoms with Gasteiger partial charge in [0.1, 0.15) is 13.6 Å². The maximum atomic E-state index is 2.47. The summed E-state index contributed by atoms with van der Waals surface area (Å²) < 4.78 is 2.47. The van der Waals surface area contributed by atoms with Crippen LogP contribution in [0.1, 0.15) is 11.1 Å². The summed E-state index contributed by atoms with van der Waals surface area (Å²) in [5, 5.41) is 5.37. The van der Waals surface area contributed by atoms with Gasteiger partial charge in [0.15, 0.2) is 0 Å². The van der Waals surface area contributed by atoms with Crippen molar-refractivity contribution in [2.45, 2.75) is 32.1 Å². The molecule has 0 spiro atoms. The van der Waals surface area contributed by atoms with Crippen LogP contribution in [0.5, 0.6) is 0 Å². The fourth-order valence-corrected chi connectivity index (χ4v) is 5.66. The van der Waals surface area contributed by atoms with Gasteiger partial charge in [-0.3, -0.25) is 0 Å². The van der Waals surface area contributed by atoms with Gasteiger partial charge in [-0.2, -0.15) is 0 Å². The van der Waals surface area contributed by atoms with Crippen LogP contribution in [-0.2, 0) is 0 Å². The Hall–Kier alpha value is -2.19. The highest BCUT2D eigenvalue weighted by atomic mass is 28.3. The van der Waals surface area contributed by atoms with Crippen molar-refractivity contribution < 1.29 is 4.58 Å². The number of hydrogen-bond donors (Lipinski definition) is 0. The smallest absolute Gasteiger partial charge is 0.207 e. The zero-order valence-electron chi connectivity index (χ0n) is 16.5. The summed E-state index contributed by atoms with van der Waals surface area (Å²) in [6, 6.07) is 17.8. The summed E-state index contributed by atoms with van der Waals surface area (Å²) in [5.41, 5.74) is 4.82. The monoisotopic (exact) mass is 358 g/mol. The van der Waals surface area contributed by atoms with E-state index < -0.39 is 8.07 Å². The Bertz CT molecular complexity index is 1070. The molecule has 2 heteroatoms. The maximum Gasteiger partial charge on any atom is 0.207 e. The molecule has 0 radical (unpaired) electrons. The van der Waals surface area contributed by atoms with Gasteiger partial charge in [0.05, 0.1) is 13.6 Å². The van der Waals surface area contributed by atoms with Gasteiger partial charge in [0.25, 0.3) is 0 Å². The van der Waals surface area contributed by atoms with Crippen LogP contribution >= 0.6 is 0 Å². The average molecular weight is 359 g/mol. The average Bonchev–Trinajstić information content (AvgIpc) is 2.61. The molecule has 4 rings (SSSR count). The van der Waals surface area contributed by atoms with Crippen LogP contribution in [0.15, 0.2) is 60.7 Å². The van der Waals surface area contributed by atoms with Gasteiger partial charge in [-0.25, -0.2) is 4.58 Å². The lowest BCUT2D eigenvalue weighted by molar-refractivity contribution is -0.496. The van der Waals surface area contributed by atoms with Crippen LogP contribution in [0, 0.1) is 6.92 Å². The molecular formula is C24H28NSi+. The standard InChI is InChI=1S/C24H28NSi/c1-17-10-13-21-20-9-7-6-8-18(20)11-14-22(21)24(17)23-15-12-19(16-25(23)2)26(3,4)5/h6-15,19H,16H2,1-5H3/q+1. The number of rotatable bonds is 2. The van der Waals surface area contributed by atoms with E-state index in [0.29, 0.717) is 5.54 Å². The number of hydrogen-bond acceptors (Lipinski definition) is 0. The lowest BCUT2D eigenvalue weighted by Crippen LogP contribution is -2.36. The Labute approximate surface area is 157 Å². The summed E-state index contributed by atoms with van der Waals surface area (Å²) in [7, 11) is 1.08. The number of nitrogens with zero attached hydrogens (tertiary/aromatic N) is 1. The van der Waals surface area contributed by atoms with E-state index in [0.717, 1.165) is 6.54 Å². The molecular weight excluding hydrogens is 330 g/mol. The van der Waals surface area contributed by atoms with E-state index in [1.54, 1.807) is 0 Å². The van der Waals surface area contributed by atoms with Crippen molar-refractivity contribution in [3.63, 3.8) is 0 Å². The van der Waals surface area contributed by atoms with Gasteiger partial charge < -0.3 is 0 Å². The molecule has 1 unspecified atom stereocenters. The largest absolute Gasteiger partial charge is 0.232 e. The third-order valence-electron chi connectivity index (χ3n) is 5.87. The normalized spacial score (nSPS) is 18.1. The highest BCUT2D eigenvalue weighted by Crippen LogP contribution is 2.32. The lowest BCUT2D eigenvalue weighted by atomic mass is 9.92. The molecule has 3 aromatic rings. The first-order valence-electron chi connectivity index (χ1n) is 9.54. The third-order valence-corrected chi connectivity index (χ3v) is 8.47. The Morgan fingerprint density at radius 3 is 2.35 bits per heavy atom. The minimum absolute atomic E-state index is 0.715. The van der Waals surface area contributed by atoms with Crippen LogP contribution in [-0.4, -0.2) is 32.0 Å². The summed E-state index contributed by atoms with van der Waals surface area (Å²) in [5.74, 6) is 0. The Balaban J connectivity index is 1.94. The Morgan fingerprint density at radius 2 is 1.62 bits per heavy atom. The van der Waals surface area contributed by atoms with Crippen molar-refractivity contribution in [3.05, 3.63) is 71.8 Å². The van der Waals surface area contributed by atoms with Crippen molar-refractivity contribution in [2.24, 2.45) is 0 Å². The van der Waals surface area contributed by atoms with E-state index >= 15 is 0 Å². The van der Waals surface area contributed by atoms with Gasteiger partial charge in [-0.05, 0) is 34.0 Å². The molecule has 26 heavy (non-hydrogen) atoms. The highest BCUT2D eigenvalue weighted by Gasteiger charge is 2.32. The zero-order valence-corrected chi connectivity index (χ0v) is 17.5. The summed E-state index contributed by atoms with van der Waals surface area (Å²) in [4.78, 5) is 0. The van der Waals surface area contributed by atoms with Crippen LogP contribution in [0.4, 0.5) is 0 Å². The molecule has 1 nitrogen and oxygen atoms in total. The highest BCUT2D eigenvalue weighted by molar-refractivity contribution is 6.78. The molecule has 1 atom stereocenters. The fraction of sp³-hybridized carbons (Fsp3) is 0.292. The molecule has 0 aromatic heterocycles. The first kappa shape index (κ1) is 17.2. The molecule has 0 aliphatic carbocycles. The van der Waals surface area contributed by atoms with Crippen molar-refractivity contribution in [1.29, 1.82) is 0 Å². The quantitative estimate of drug-likeness (QED) is 0.300. The van der Waals surface area contributed by atoms with Crippen molar-refractivity contribution in [3.8, 4) is 0 Å². The summed E-state index contributed by atoms with van der Waals surface area (Å²) in [6.45, 7) is 10.8. The first-order valence-corrected chi connectivity index (χ1v) is 13.1. The second-order valence-electron chi connectivity index (χ2n) is 8.74. The van der Waals surface area contributed by atoms with Crippen LogP contribution < -0.4 is 0 Å². The predicted molar refractivity (Wildman–Crippen MR) is 118 cm³/mol. The van der Waals surface area contributed by atoms with Crippen LogP contribution in [0.3, 0.4) is 0 Å². The number of benzene rings is 3. The molecule has 0 N–H and O–H groups in total. The van der Waals surface area contributed by atoms with Gasteiger partial charge in [0, 0.05) is 11.6 Å². The van der Waals surface area contributed by atoms with E-state index in [2.05, 4.69) is 98.9 Å². The molecule has 1 aliphatic rings. The van der Waals surface area contributed by atoms with Gasteiger partial charge in [-0.15, -0.1) is 0 Å². The first-order chi connectivity index (χ1) is 12.4. The number of allylic oxidation sites excluding steroid dienone is 1. The third kappa shape index (κ3) is 2.83. The molecule has 3 aromatic carbocycles. The van der Waals surface area contributed by atoms with E-state index in [1.807, 2.05) is 0 Å². The van der Waals surface area contributed by atoms with Crippen molar-refractivity contribution in [1.82, 2.24) is 0 Å². The fourth-order valence-electron chi connectivity index (χ4n) is 4.16. The molecule has 0 fully saturated rings. The molecule has 0 saturated heterocycles. The number of aryl methyl sites for hydroxylation is 1. The topological polar surface area (TPSA) is 3.01 Å². The molecule has 0 saturated carbocycles. The zero-order chi connectivity index (χ0) is 18.5. The SMILES string of the molecule is Cc1ccc2c(ccc3ccccc32)c1C1=[N+](C)CC([Si](C)(C)C)C=C1. The van der Waals surface area contributed by atoms with Gasteiger partial charge >= 0.3 is 0 Å². The number of fused-ring (bicyclic) bond motifs is 3. The minimum Gasteiger partial charge on any atom is -0.232 e. The van der Waals surface area contributed by atoms with Crippen LogP contribution in [0.25, 0.3) is 21.5 Å². The molecule has 1 aliphatic heterocycles. The lowest BCUT2D eigenvalue weighted by Gasteiger charge is -2.27. The molecule has 0 bridgehead atoms. The predicted octanol–water partition coefficient (Wildman–Crippen LogP) is 6.01. The molecule has 1 heterocycles. The Kier molecular flexibility index (Phi) is 4.11. The molecule has 0 amide bonds. The Morgan fingerprint density at radius 1 is 0.885 bits per heavy atom. The summed E-state index contributed by atoms with van der Waals surface area (Å²) >= 11 is 0. The van der Waals surface area contributed by atoms with E-state index in [-0.39, 0.29) is 0 Å². The van der Waals surface area contributed by atoms with Gasteiger partial charge in [0.2, 0.25) is 5.71 Å². The van der Waals surface area contributed by atoms with Gasteiger partial charge in [-0.1, -0.05) is 74.2 Å². The van der Waals surface area contributed by atoms with Crippen molar-refractivity contribution >= 4 is 35.3 Å². The second kappa shape index (κ2) is 6.21.